The van der Waals surface area contributed by atoms with Crippen molar-refractivity contribution in [2.24, 2.45) is 46.3 Å². The summed E-state index contributed by atoms with van der Waals surface area (Å²) in [7, 11) is 0. The van der Waals surface area contributed by atoms with Crippen molar-refractivity contribution in [2.75, 3.05) is 0 Å². The molecule has 0 unspecified atom stereocenters. The summed E-state index contributed by atoms with van der Waals surface area (Å²) < 4.78 is 5.85. The number of ether oxygens (including phenoxy) is 1. The van der Waals surface area contributed by atoms with Crippen LogP contribution in [0.5, 0.6) is 0 Å². The van der Waals surface area contributed by atoms with E-state index in [0.717, 1.165) is 54.8 Å². The lowest BCUT2D eigenvalue weighted by Gasteiger charge is -2.58. The summed E-state index contributed by atoms with van der Waals surface area (Å²) >= 11 is 0. The van der Waals surface area contributed by atoms with Crippen LogP contribution in [-0.2, 0) is 9.53 Å². The Bertz CT molecular complexity index is 722. The molecule has 0 N–H and O–H groups in total. The summed E-state index contributed by atoms with van der Waals surface area (Å²) in [6.45, 7) is 14.6. The highest BCUT2D eigenvalue weighted by atomic mass is 16.5. The first-order chi connectivity index (χ1) is 15.7. The molecule has 0 aromatic rings. The average Bonchev–Trinajstić information content (AvgIpc) is 3.11. The van der Waals surface area contributed by atoms with Crippen molar-refractivity contribution in [1.82, 2.24) is 0 Å². The van der Waals surface area contributed by atoms with E-state index in [1.807, 2.05) is 0 Å². The third-order valence-corrected chi connectivity index (χ3v) is 11.0. The molecule has 0 spiro atoms. The Morgan fingerprint density at radius 3 is 2.58 bits per heavy atom. The van der Waals surface area contributed by atoms with Gasteiger partial charge < -0.3 is 4.74 Å². The highest BCUT2D eigenvalue weighted by Crippen LogP contribution is 2.67. The van der Waals surface area contributed by atoms with E-state index in [2.05, 4.69) is 47.6 Å². The molecule has 0 bridgehead atoms. The van der Waals surface area contributed by atoms with E-state index in [-0.39, 0.29) is 12.1 Å². The number of fused-ring (bicyclic) bond motifs is 5. The van der Waals surface area contributed by atoms with Crippen LogP contribution in [0.4, 0.5) is 0 Å². The van der Waals surface area contributed by atoms with E-state index in [4.69, 9.17) is 4.74 Å². The molecule has 2 heteroatoms. The monoisotopic (exact) mass is 456 g/mol. The summed E-state index contributed by atoms with van der Waals surface area (Å²) in [4.78, 5) is 12.1. The molecule has 0 aromatic carbocycles. The van der Waals surface area contributed by atoms with E-state index in [1.165, 1.54) is 57.8 Å². The molecule has 0 radical (unpaired) electrons. The first kappa shape index (κ1) is 25.3. The molecule has 4 aliphatic rings. The lowest BCUT2D eigenvalue weighted by atomic mass is 9.47. The SMILES string of the molecule is CCCC(=O)O[C@@H]1CC[C@@]2(C)C(=CC[C@H]3[C@@H]4CC[C@H]([C@@H](C)CCCC(C)C)[C@@]4(C)CC[C@@H]32)C1. The minimum atomic E-state index is 0.00772. The number of hydrogen-bond acceptors (Lipinski definition) is 2. The maximum absolute atomic E-state index is 12.1. The molecule has 33 heavy (non-hydrogen) atoms. The third-order valence-electron chi connectivity index (χ3n) is 11.0. The topological polar surface area (TPSA) is 26.3 Å². The number of allylic oxidation sites excluding steroid dienone is 1. The normalized spacial score (nSPS) is 41.1. The maximum Gasteiger partial charge on any atom is 0.306 e. The zero-order chi connectivity index (χ0) is 23.8. The van der Waals surface area contributed by atoms with Crippen LogP contribution < -0.4 is 0 Å². The van der Waals surface area contributed by atoms with E-state index in [1.54, 1.807) is 5.57 Å². The molecule has 0 heterocycles. The van der Waals surface area contributed by atoms with Gasteiger partial charge in [-0.1, -0.05) is 72.5 Å². The largest absolute Gasteiger partial charge is 0.462 e. The van der Waals surface area contributed by atoms with Crippen molar-refractivity contribution < 1.29 is 9.53 Å². The summed E-state index contributed by atoms with van der Waals surface area (Å²) in [5.74, 6) is 5.31. The minimum Gasteiger partial charge on any atom is -0.462 e. The molecule has 3 saturated carbocycles. The molecule has 0 aliphatic heterocycles. The molecule has 0 amide bonds. The van der Waals surface area contributed by atoms with E-state index >= 15 is 0 Å². The predicted octanol–water partition coefficient (Wildman–Crippen LogP) is 8.74. The van der Waals surface area contributed by atoms with Crippen LogP contribution in [0.25, 0.3) is 0 Å². The Labute approximate surface area is 204 Å². The zero-order valence-corrected chi connectivity index (χ0v) is 22.6. The minimum absolute atomic E-state index is 0.00772. The fraction of sp³-hybridized carbons (Fsp3) is 0.903. The Balaban J connectivity index is 1.43. The zero-order valence-electron chi connectivity index (χ0n) is 22.6. The highest BCUT2D eigenvalue weighted by Gasteiger charge is 2.59. The third kappa shape index (κ3) is 4.84. The number of esters is 1. The van der Waals surface area contributed by atoms with Crippen LogP contribution in [0, 0.1) is 46.3 Å². The first-order valence-corrected chi connectivity index (χ1v) is 14.6. The van der Waals surface area contributed by atoms with Gasteiger partial charge in [-0.3, -0.25) is 4.79 Å². The molecular formula is C31H52O2. The van der Waals surface area contributed by atoms with Crippen molar-refractivity contribution in [3.05, 3.63) is 11.6 Å². The average molecular weight is 457 g/mol. The van der Waals surface area contributed by atoms with Crippen LogP contribution in [0.3, 0.4) is 0 Å². The number of rotatable bonds is 8. The van der Waals surface area contributed by atoms with Crippen molar-refractivity contribution in [2.45, 2.75) is 131 Å². The molecule has 3 fully saturated rings. The Kier molecular flexibility index (Phi) is 7.72. The van der Waals surface area contributed by atoms with Crippen molar-refractivity contribution in [1.29, 1.82) is 0 Å². The Morgan fingerprint density at radius 1 is 1.06 bits per heavy atom. The molecule has 188 valence electrons. The fourth-order valence-corrected chi connectivity index (χ4v) is 9.20. The van der Waals surface area contributed by atoms with Crippen LogP contribution in [0.15, 0.2) is 11.6 Å². The summed E-state index contributed by atoms with van der Waals surface area (Å²) in [6, 6.07) is 0. The molecule has 8 atom stereocenters. The van der Waals surface area contributed by atoms with Crippen LogP contribution >= 0.6 is 0 Å². The van der Waals surface area contributed by atoms with Crippen molar-refractivity contribution in [3.63, 3.8) is 0 Å². The molecule has 0 saturated heterocycles. The first-order valence-electron chi connectivity index (χ1n) is 14.6. The molecule has 4 aliphatic carbocycles. The molecule has 0 aromatic heterocycles. The second-order valence-electron chi connectivity index (χ2n) is 13.4. The number of carbonyl (C=O) groups is 1. The number of carbonyl (C=O) groups excluding carboxylic acids is 1. The number of hydrogen-bond donors (Lipinski definition) is 0. The van der Waals surface area contributed by atoms with Gasteiger partial charge in [-0.05, 0) is 97.7 Å². The second kappa shape index (κ2) is 10.1. The van der Waals surface area contributed by atoms with Crippen LogP contribution in [0.1, 0.15) is 125 Å². The summed E-state index contributed by atoms with van der Waals surface area (Å²) in [5, 5.41) is 0. The maximum atomic E-state index is 12.1. The van der Waals surface area contributed by atoms with Gasteiger partial charge in [-0.25, -0.2) is 0 Å². The van der Waals surface area contributed by atoms with E-state index in [9.17, 15) is 4.79 Å². The van der Waals surface area contributed by atoms with Crippen LogP contribution in [-0.4, -0.2) is 12.1 Å². The van der Waals surface area contributed by atoms with E-state index < -0.39 is 0 Å². The molecule has 4 rings (SSSR count). The molecular weight excluding hydrogens is 404 g/mol. The quantitative estimate of drug-likeness (QED) is 0.269. The second-order valence-corrected chi connectivity index (χ2v) is 13.4. The van der Waals surface area contributed by atoms with Gasteiger partial charge in [-0.2, -0.15) is 0 Å². The van der Waals surface area contributed by atoms with Gasteiger partial charge in [-0.15, -0.1) is 0 Å². The fourth-order valence-electron chi connectivity index (χ4n) is 9.20. The van der Waals surface area contributed by atoms with Gasteiger partial charge in [0.2, 0.25) is 0 Å². The Hall–Kier alpha value is -0.790. The lowest BCUT2D eigenvalue weighted by Crippen LogP contribution is -2.51. The van der Waals surface area contributed by atoms with Crippen molar-refractivity contribution >= 4 is 5.97 Å². The summed E-state index contributed by atoms with van der Waals surface area (Å²) in [5.41, 5.74) is 2.54. The summed E-state index contributed by atoms with van der Waals surface area (Å²) in [6.07, 6.45) is 18.8. The van der Waals surface area contributed by atoms with E-state index in [0.29, 0.717) is 17.3 Å². The lowest BCUT2D eigenvalue weighted by molar-refractivity contribution is -0.151. The van der Waals surface area contributed by atoms with Crippen LogP contribution in [0.2, 0.25) is 0 Å². The van der Waals surface area contributed by atoms with Gasteiger partial charge in [0.25, 0.3) is 0 Å². The van der Waals surface area contributed by atoms with Gasteiger partial charge in [0.1, 0.15) is 6.10 Å². The van der Waals surface area contributed by atoms with Gasteiger partial charge in [0.05, 0.1) is 0 Å². The van der Waals surface area contributed by atoms with Gasteiger partial charge in [0.15, 0.2) is 0 Å². The highest BCUT2D eigenvalue weighted by molar-refractivity contribution is 5.69. The standard InChI is InChI=1S/C31H52O2/c1-7-9-29(32)33-24-16-18-30(5)23(20-24)12-13-25-27-15-14-26(22(4)11-8-10-21(2)3)31(27,6)19-17-28(25)30/h12,21-22,24-28H,7-11,13-20H2,1-6H3/t22-,24+,25-,26+,27-,28-,30-,31+/m0/s1. The van der Waals surface area contributed by atoms with Gasteiger partial charge in [0, 0.05) is 12.8 Å². The van der Waals surface area contributed by atoms with Crippen molar-refractivity contribution in [3.8, 4) is 0 Å². The molecule has 2 nitrogen and oxygen atoms in total. The van der Waals surface area contributed by atoms with Gasteiger partial charge >= 0.3 is 5.97 Å². The smallest absolute Gasteiger partial charge is 0.306 e. The predicted molar refractivity (Wildman–Crippen MR) is 138 cm³/mol. The Morgan fingerprint density at radius 2 is 1.85 bits per heavy atom.